The van der Waals surface area contributed by atoms with Gasteiger partial charge in [-0.05, 0) is 23.6 Å². The van der Waals surface area contributed by atoms with Crippen LogP contribution in [-0.4, -0.2) is 19.0 Å². The van der Waals surface area contributed by atoms with E-state index in [0.717, 1.165) is 11.3 Å². The first-order chi connectivity index (χ1) is 9.01. The van der Waals surface area contributed by atoms with Gasteiger partial charge in [-0.15, -0.1) is 0 Å². The Balaban J connectivity index is 2.35. The second kappa shape index (κ2) is 7.41. The summed E-state index contributed by atoms with van der Waals surface area (Å²) in [6.07, 6.45) is 0.343. The average molecular weight is 264 g/mol. The Kier molecular flexibility index (Phi) is 5.85. The third kappa shape index (κ3) is 5.90. The van der Waals surface area contributed by atoms with Crippen LogP contribution < -0.4 is 15.4 Å². The number of amides is 3. The molecule has 0 saturated heterocycles. The van der Waals surface area contributed by atoms with Gasteiger partial charge < -0.3 is 10.1 Å². The molecule has 0 fully saturated rings. The Labute approximate surface area is 113 Å². The molecule has 0 unspecified atom stereocenters. The number of nitrogens with one attached hydrogen (secondary N) is 2. The molecule has 1 aromatic rings. The van der Waals surface area contributed by atoms with E-state index in [-0.39, 0.29) is 11.8 Å². The number of carbonyl (C=O) groups excluding carboxylic acids is 2. The molecule has 1 aromatic carbocycles. The van der Waals surface area contributed by atoms with Crippen LogP contribution in [0.15, 0.2) is 24.3 Å². The largest absolute Gasteiger partial charge is 0.497 e. The molecule has 0 radical (unpaired) electrons. The lowest BCUT2D eigenvalue weighted by Gasteiger charge is -2.08. The standard InChI is InChI=1S/C14H20N2O3/c1-10(2)8-13(17)16-14(18)15-9-11-4-6-12(19-3)7-5-11/h4-7,10H,8-9H2,1-3H3,(H2,15,16,17,18). The zero-order valence-corrected chi connectivity index (χ0v) is 11.5. The fourth-order valence-corrected chi connectivity index (χ4v) is 1.52. The highest BCUT2D eigenvalue weighted by Gasteiger charge is 2.08. The molecule has 19 heavy (non-hydrogen) atoms. The van der Waals surface area contributed by atoms with Crippen LogP contribution in [0.5, 0.6) is 5.75 Å². The summed E-state index contributed by atoms with van der Waals surface area (Å²) in [4.78, 5) is 22.8. The second-order valence-corrected chi connectivity index (χ2v) is 4.68. The number of hydrogen-bond donors (Lipinski definition) is 2. The van der Waals surface area contributed by atoms with Crippen molar-refractivity contribution < 1.29 is 14.3 Å². The second-order valence-electron chi connectivity index (χ2n) is 4.68. The molecule has 0 spiro atoms. The van der Waals surface area contributed by atoms with Crippen LogP contribution in [0.4, 0.5) is 4.79 Å². The van der Waals surface area contributed by atoms with Crippen LogP contribution in [0.25, 0.3) is 0 Å². The van der Waals surface area contributed by atoms with Gasteiger partial charge in [-0.3, -0.25) is 10.1 Å². The highest BCUT2D eigenvalue weighted by atomic mass is 16.5. The molecule has 104 valence electrons. The molecule has 0 aromatic heterocycles. The van der Waals surface area contributed by atoms with E-state index in [0.29, 0.717) is 13.0 Å². The van der Waals surface area contributed by atoms with E-state index >= 15 is 0 Å². The highest BCUT2D eigenvalue weighted by molar-refractivity contribution is 5.94. The Bertz CT molecular complexity index is 427. The SMILES string of the molecule is COc1ccc(CNC(=O)NC(=O)CC(C)C)cc1. The summed E-state index contributed by atoms with van der Waals surface area (Å²) in [7, 11) is 1.60. The number of urea groups is 1. The number of carbonyl (C=O) groups is 2. The van der Waals surface area contributed by atoms with Crippen molar-refractivity contribution in [3.8, 4) is 5.75 Å². The fraction of sp³-hybridized carbons (Fsp3) is 0.429. The Morgan fingerprint density at radius 3 is 2.37 bits per heavy atom. The van der Waals surface area contributed by atoms with Crippen LogP contribution in [0.3, 0.4) is 0 Å². The molecule has 0 aliphatic rings. The van der Waals surface area contributed by atoms with E-state index in [1.807, 2.05) is 38.1 Å². The monoisotopic (exact) mass is 264 g/mol. The van der Waals surface area contributed by atoms with Crippen molar-refractivity contribution in [1.82, 2.24) is 10.6 Å². The summed E-state index contributed by atoms with van der Waals surface area (Å²) < 4.78 is 5.04. The van der Waals surface area contributed by atoms with Gasteiger partial charge in [0.05, 0.1) is 7.11 Å². The van der Waals surface area contributed by atoms with Gasteiger partial charge >= 0.3 is 6.03 Å². The predicted octanol–water partition coefficient (Wildman–Crippen LogP) is 2.07. The zero-order valence-electron chi connectivity index (χ0n) is 11.5. The highest BCUT2D eigenvalue weighted by Crippen LogP contribution is 2.10. The van der Waals surface area contributed by atoms with E-state index in [1.165, 1.54) is 0 Å². The molecule has 3 amide bonds. The molecular weight excluding hydrogens is 244 g/mol. The van der Waals surface area contributed by atoms with Crippen molar-refractivity contribution in [3.63, 3.8) is 0 Å². The summed E-state index contributed by atoms with van der Waals surface area (Å²) in [5.74, 6) is 0.733. The van der Waals surface area contributed by atoms with Crippen molar-refractivity contribution in [2.75, 3.05) is 7.11 Å². The van der Waals surface area contributed by atoms with E-state index < -0.39 is 6.03 Å². The number of imide groups is 1. The molecule has 1 rings (SSSR count). The van der Waals surface area contributed by atoms with Gasteiger partial charge in [0.25, 0.3) is 0 Å². The first-order valence-corrected chi connectivity index (χ1v) is 6.22. The van der Waals surface area contributed by atoms with Crippen molar-refractivity contribution in [3.05, 3.63) is 29.8 Å². The maximum atomic E-state index is 11.5. The lowest BCUT2D eigenvalue weighted by atomic mass is 10.1. The Morgan fingerprint density at radius 1 is 1.21 bits per heavy atom. The Morgan fingerprint density at radius 2 is 1.84 bits per heavy atom. The number of methoxy groups -OCH3 is 1. The fourth-order valence-electron chi connectivity index (χ4n) is 1.52. The summed E-state index contributed by atoms with van der Waals surface area (Å²) in [5, 5.41) is 4.92. The Hall–Kier alpha value is -2.04. The molecule has 0 atom stereocenters. The zero-order chi connectivity index (χ0) is 14.3. The molecule has 0 aliphatic carbocycles. The summed E-state index contributed by atoms with van der Waals surface area (Å²) in [5.41, 5.74) is 0.937. The molecule has 5 nitrogen and oxygen atoms in total. The van der Waals surface area contributed by atoms with Gasteiger partial charge in [0.15, 0.2) is 0 Å². The maximum absolute atomic E-state index is 11.5. The van der Waals surface area contributed by atoms with Crippen molar-refractivity contribution in [2.24, 2.45) is 5.92 Å². The van der Waals surface area contributed by atoms with Crippen molar-refractivity contribution in [2.45, 2.75) is 26.8 Å². The average Bonchev–Trinajstić information content (AvgIpc) is 2.36. The normalized spacial score (nSPS) is 10.1. The number of rotatable bonds is 5. The van der Waals surface area contributed by atoms with E-state index in [4.69, 9.17) is 4.74 Å². The summed E-state index contributed by atoms with van der Waals surface area (Å²) >= 11 is 0. The van der Waals surface area contributed by atoms with Gasteiger partial charge in [-0.2, -0.15) is 0 Å². The minimum absolute atomic E-state index is 0.231. The van der Waals surface area contributed by atoms with Gasteiger partial charge in [-0.1, -0.05) is 26.0 Å². The van der Waals surface area contributed by atoms with Gasteiger partial charge in [0.1, 0.15) is 5.75 Å². The minimum Gasteiger partial charge on any atom is -0.497 e. The van der Waals surface area contributed by atoms with Crippen LogP contribution in [0, 0.1) is 5.92 Å². The van der Waals surface area contributed by atoms with Crippen molar-refractivity contribution >= 4 is 11.9 Å². The molecule has 0 saturated carbocycles. The summed E-state index contributed by atoms with van der Waals surface area (Å²) in [6, 6.07) is 6.88. The first-order valence-electron chi connectivity index (χ1n) is 6.22. The van der Waals surface area contributed by atoms with Crippen LogP contribution >= 0.6 is 0 Å². The van der Waals surface area contributed by atoms with Gasteiger partial charge in [-0.25, -0.2) is 4.79 Å². The quantitative estimate of drug-likeness (QED) is 0.855. The van der Waals surface area contributed by atoms with Gasteiger partial charge in [0.2, 0.25) is 5.91 Å². The number of hydrogen-bond acceptors (Lipinski definition) is 3. The first kappa shape index (κ1) is 15.0. The third-order valence-electron chi connectivity index (χ3n) is 2.46. The molecule has 5 heteroatoms. The lowest BCUT2D eigenvalue weighted by Crippen LogP contribution is -2.39. The number of benzene rings is 1. The maximum Gasteiger partial charge on any atom is 0.321 e. The minimum atomic E-state index is -0.471. The smallest absolute Gasteiger partial charge is 0.321 e. The molecule has 2 N–H and O–H groups in total. The number of ether oxygens (including phenoxy) is 1. The van der Waals surface area contributed by atoms with E-state index in [2.05, 4.69) is 10.6 Å². The molecule has 0 aliphatic heterocycles. The van der Waals surface area contributed by atoms with Crippen LogP contribution in [0.1, 0.15) is 25.8 Å². The van der Waals surface area contributed by atoms with Crippen molar-refractivity contribution in [1.29, 1.82) is 0 Å². The molecule has 0 heterocycles. The lowest BCUT2D eigenvalue weighted by molar-refractivity contribution is -0.120. The van der Waals surface area contributed by atoms with E-state index in [9.17, 15) is 9.59 Å². The van der Waals surface area contributed by atoms with Gasteiger partial charge in [0, 0.05) is 13.0 Å². The van der Waals surface area contributed by atoms with E-state index in [1.54, 1.807) is 7.11 Å². The van der Waals surface area contributed by atoms with Crippen LogP contribution in [0.2, 0.25) is 0 Å². The van der Waals surface area contributed by atoms with Crippen LogP contribution in [-0.2, 0) is 11.3 Å². The molecule has 0 bridgehead atoms. The predicted molar refractivity (Wildman–Crippen MR) is 72.8 cm³/mol. The molecular formula is C14H20N2O3. The summed E-state index contributed by atoms with van der Waals surface area (Å²) in [6.45, 7) is 4.22. The third-order valence-corrected chi connectivity index (χ3v) is 2.46. The topological polar surface area (TPSA) is 67.4 Å².